The van der Waals surface area contributed by atoms with Gasteiger partial charge >= 0.3 is 11.8 Å². The molecule has 2 saturated heterocycles. The first-order valence-corrected chi connectivity index (χ1v) is 16.6. The van der Waals surface area contributed by atoms with Crippen molar-refractivity contribution in [3.05, 3.63) is 60.2 Å². The molecular formula is C36H53NO8. The van der Waals surface area contributed by atoms with Crippen molar-refractivity contribution < 1.29 is 39.5 Å². The van der Waals surface area contributed by atoms with Crippen molar-refractivity contribution in [3.63, 3.8) is 0 Å². The maximum atomic E-state index is 13.6. The number of likely N-dealkylation sites (tertiary alicyclic amines) is 1. The molecule has 9 atom stereocenters. The zero-order valence-corrected chi connectivity index (χ0v) is 27.3. The minimum absolute atomic E-state index is 0.121. The Labute approximate surface area is 268 Å². The summed E-state index contributed by atoms with van der Waals surface area (Å²) in [7, 11) is 0. The van der Waals surface area contributed by atoms with Crippen LogP contribution in [0.15, 0.2) is 54.6 Å². The Kier molecular flexibility index (Phi) is 14.0. The normalized spacial score (nSPS) is 28.0. The van der Waals surface area contributed by atoms with Crippen molar-refractivity contribution in [2.75, 3.05) is 6.54 Å². The number of aliphatic hydroxyl groups excluding tert-OH is 2. The van der Waals surface area contributed by atoms with Crippen LogP contribution in [-0.4, -0.2) is 79.7 Å². The molecule has 0 bridgehead atoms. The minimum Gasteiger partial charge on any atom is -0.480 e. The first-order chi connectivity index (χ1) is 21.4. The SMILES string of the molecule is CC[C@H](Cc1ccccc1)[C@@H](O)/C=C/C/C=C/C[C@@H](C)[C@H](O)[C@@H](C)[C@@H]1CC[C@@H](C)C(=O)C(O)(C(=O)N2CCCC[C@H]2C(=O)O)O1. The van der Waals surface area contributed by atoms with E-state index in [1.54, 1.807) is 13.8 Å². The number of aliphatic carboxylic acids is 1. The number of carboxylic acids is 1. The van der Waals surface area contributed by atoms with Crippen LogP contribution in [0.2, 0.25) is 0 Å². The van der Waals surface area contributed by atoms with Crippen LogP contribution in [0.4, 0.5) is 0 Å². The maximum Gasteiger partial charge on any atom is 0.326 e. The molecule has 0 aliphatic carbocycles. The molecule has 2 aliphatic heterocycles. The third-order valence-electron chi connectivity index (χ3n) is 9.66. The molecule has 250 valence electrons. The first kappa shape index (κ1) is 36.6. The van der Waals surface area contributed by atoms with Gasteiger partial charge in [0.1, 0.15) is 6.04 Å². The van der Waals surface area contributed by atoms with E-state index in [2.05, 4.69) is 19.1 Å². The topological polar surface area (TPSA) is 145 Å². The first-order valence-electron chi connectivity index (χ1n) is 16.6. The summed E-state index contributed by atoms with van der Waals surface area (Å²) in [5.74, 6) is -6.98. The lowest BCUT2D eigenvalue weighted by molar-refractivity contribution is -0.237. The van der Waals surface area contributed by atoms with Gasteiger partial charge in [-0.05, 0) is 68.8 Å². The molecule has 2 aliphatic rings. The van der Waals surface area contributed by atoms with Gasteiger partial charge in [-0.1, -0.05) is 88.8 Å². The minimum atomic E-state index is -2.79. The molecule has 4 N–H and O–H groups in total. The zero-order valence-electron chi connectivity index (χ0n) is 27.3. The van der Waals surface area contributed by atoms with Crippen LogP contribution in [0, 0.1) is 23.7 Å². The predicted molar refractivity (Wildman–Crippen MR) is 172 cm³/mol. The Hall–Kier alpha value is -2.85. The standard InChI is InChI=1S/C36H53NO8/c1-5-28(23-27-16-10-8-11-17-27)30(38)19-12-7-6-9-15-24(2)32(39)26(4)31-21-20-25(3)33(40)36(44,45-31)35(43)37-22-14-13-18-29(37)34(41)42/h6,8-12,16-17,19,24-26,28-32,38-39,44H,5,7,13-15,18,20-23H2,1-4H3,(H,41,42)/b9-6+,19-12+/t24-,25-,26+,28-,29+,30+,31+,32+,36?/m1/s1. The fraction of sp³-hybridized carbons (Fsp3) is 0.639. The number of piperidine rings is 1. The van der Waals surface area contributed by atoms with Crippen LogP contribution in [0.5, 0.6) is 0 Å². The van der Waals surface area contributed by atoms with Crippen LogP contribution < -0.4 is 0 Å². The Bertz CT molecular complexity index is 1170. The summed E-state index contributed by atoms with van der Waals surface area (Å²) >= 11 is 0. The van der Waals surface area contributed by atoms with Gasteiger partial charge in [-0.25, -0.2) is 4.79 Å². The van der Waals surface area contributed by atoms with Gasteiger partial charge < -0.3 is 30.1 Å². The molecule has 45 heavy (non-hydrogen) atoms. The van der Waals surface area contributed by atoms with Crippen molar-refractivity contribution in [1.29, 1.82) is 0 Å². The lowest BCUT2D eigenvalue weighted by Gasteiger charge is -2.40. The van der Waals surface area contributed by atoms with Gasteiger partial charge in [0.25, 0.3) is 5.91 Å². The van der Waals surface area contributed by atoms with E-state index in [1.165, 1.54) is 5.56 Å². The van der Waals surface area contributed by atoms with Gasteiger partial charge in [0.2, 0.25) is 5.78 Å². The van der Waals surface area contributed by atoms with E-state index in [9.17, 15) is 34.8 Å². The highest BCUT2D eigenvalue weighted by atomic mass is 16.6. The molecule has 3 rings (SSSR count). The van der Waals surface area contributed by atoms with Crippen LogP contribution in [0.1, 0.15) is 84.6 Å². The number of ketones is 1. The number of carbonyl (C=O) groups excluding carboxylic acids is 2. The van der Waals surface area contributed by atoms with E-state index in [4.69, 9.17) is 4.74 Å². The number of rotatable bonds is 14. The summed E-state index contributed by atoms with van der Waals surface area (Å²) in [6, 6.07) is 9.03. The van der Waals surface area contributed by atoms with Crippen LogP contribution in [0.3, 0.4) is 0 Å². The molecule has 2 heterocycles. The second kappa shape index (κ2) is 17.2. The number of benzene rings is 1. The van der Waals surface area contributed by atoms with Gasteiger partial charge in [0, 0.05) is 18.4 Å². The Balaban J connectivity index is 1.57. The van der Waals surface area contributed by atoms with Crippen molar-refractivity contribution in [1.82, 2.24) is 4.90 Å². The lowest BCUT2D eigenvalue weighted by Crippen LogP contribution is -2.62. The average molecular weight is 628 g/mol. The third kappa shape index (κ3) is 9.58. The van der Waals surface area contributed by atoms with Gasteiger partial charge in [-0.2, -0.15) is 0 Å². The smallest absolute Gasteiger partial charge is 0.326 e. The highest BCUT2D eigenvalue weighted by Crippen LogP contribution is 2.35. The molecule has 1 aromatic carbocycles. The number of ether oxygens (including phenoxy) is 1. The van der Waals surface area contributed by atoms with Gasteiger partial charge in [-0.3, -0.25) is 9.59 Å². The fourth-order valence-electron chi connectivity index (χ4n) is 6.53. The number of amides is 1. The number of nitrogens with zero attached hydrogens (tertiary/aromatic N) is 1. The summed E-state index contributed by atoms with van der Waals surface area (Å²) in [6.45, 7) is 7.53. The van der Waals surface area contributed by atoms with Crippen LogP contribution in [-0.2, 0) is 25.5 Å². The van der Waals surface area contributed by atoms with Crippen molar-refractivity contribution >= 4 is 17.7 Å². The Morgan fingerprint density at radius 1 is 1.07 bits per heavy atom. The van der Waals surface area contributed by atoms with Gasteiger partial charge in [0.05, 0.1) is 18.3 Å². The number of carboxylic acid groups (broad SMARTS) is 1. The van der Waals surface area contributed by atoms with E-state index in [-0.39, 0.29) is 24.8 Å². The molecule has 0 saturated carbocycles. The molecular weight excluding hydrogens is 574 g/mol. The van der Waals surface area contributed by atoms with Crippen molar-refractivity contribution in [2.45, 2.75) is 116 Å². The maximum absolute atomic E-state index is 13.6. The summed E-state index contributed by atoms with van der Waals surface area (Å²) in [6.07, 6.45) is 10.7. The summed E-state index contributed by atoms with van der Waals surface area (Å²) in [4.78, 5) is 39.7. The number of allylic oxidation sites excluding steroid dienone is 3. The van der Waals surface area contributed by atoms with Gasteiger partial charge in [-0.15, -0.1) is 0 Å². The zero-order chi connectivity index (χ0) is 33.1. The monoisotopic (exact) mass is 627 g/mol. The highest BCUT2D eigenvalue weighted by Gasteiger charge is 2.55. The molecule has 1 amide bonds. The quantitative estimate of drug-likeness (QED) is 0.172. The fourth-order valence-corrected chi connectivity index (χ4v) is 6.53. The number of hydrogen-bond donors (Lipinski definition) is 4. The van der Waals surface area contributed by atoms with E-state index >= 15 is 0 Å². The Morgan fingerprint density at radius 2 is 1.78 bits per heavy atom. The largest absolute Gasteiger partial charge is 0.480 e. The second-order valence-corrected chi connectivity index (χ2v) is 13.0. The lowest BCUT2D eigenvalue weighted by atomic mass is 9.85. The van der Waals surface area contributed by atoms with Crippen molar-refractivity contribution in [3.8, 4) is 0 Å². The van der Waals surface area contributed by atoms with Crippen LogP contribution >= 0.6 is 0 Å². The number of Topliss-reactive ketones (excluding diaryl/α,β-unsaturated/α-hetero) is 1. The third-order valence-corrected chi connectivity index (χ3v) is 9.66. The predicted octanol–water partition coefficient (Wildman–Crippen LogP) is 4.68. The summed E-state index contributed by atoms with van der Waals surface area (Å²) in [5.41, 5.74) is 1.21. The summed E-state index contributed by atoms with van der Waals surface area (Å²) in [5, 5.41) is 43.0. The molecule has 9 heteroatoms. The second-order valence-electron chi connectivity index (χ2n) is 13.0. The number of hydrogen-bond acceptors (Lipinski definition) is 7. The molecule has 0 radical (unpaired) electrons. The molecule has 1 unspecified atom stereocenters. The highest BCUT2D eigenvalue weighted by molar-refractivity contribution is 6.09. The van der Waals surface area contributed by atoms with Crippen molar-refractivity contribution in [2.24, 2.45) is 23.7 Å². The molecule has 0 spiro atoms. The van der Waals surface area contributed by atoms with Gasteiger partial charge in [0.15, 0.2) is 0 Å². The molecule has 1 aromatic rings. The van der Waals surface area contributed by atoms with E-state index in [0.717, 1.165) is 17.7 Å². The van der Waals surface area contributed by atoms with Crippen LogP contribution in [0.25, 0.3) is 0 Å². The number of carbonyl (C=O) groups is 3. The van der Waals surface area contributed by atoms with E-state index in [1.807, 2.05) is 49.4 Å². The molecule has 2 fully saturated rings. The molecule has 9 nitrogen and oxygen atoms in total. The number of aliphatic hydroxyl groups is 3. The Morgan fingerprint density at radius 3 is 2.44 bits per heavy atom. The van der Waals surface area contributed by atoms with E-state index in [0.29, 0.717) is 38.5 Å². The molecule has 0 aromatic heterocycles. The summed E-state index contributed by atoms with van der Waals surface area (Å²) < 4.78 is 5.91. The van der Waals surface area contributed by atoms with E-state index < -0.39 is 59.6 Å². The average Bonchev–Trinajstić information content (AvgIpc) is 3.16.